The molecule has 0 aliphatic heterocycles. The van der Waals surface area contributed by atoms with Crippen molar-refractivity contribution in [2.45, 2.75) is 38.8 Å². The number of nitrogens with two attached hydrogens (primary N) is 1. The van der Waals surface area contributed by atoms with E-state index in [1.807, 2.05) is 0 Å². The predicted octanol–water partition coefficient (Wildman–Crippen LogP) is 0.0453. The number of hydrogen-bond acceptors (Lipinski definition) is 3. The molecule has 0 rings (SSSR count). The maximum atomic E-state index is 11.5. The van der Waals surface area contributed by atoms with E-state index in [4.69, 9.17) is 10.8 Å². The Kier molecular flexibility index (Phi) is 5.15. The summed E-state index contributed by atoms with van der Waals surface area (Å²) in [5.41, 5.74) is 5.53. The number of amides is 1. The third-order valence-corrected chi connectivity index (χ3v) is 2.24. The van der Waals surface area contributed by atoms with Crippen molar-refractivity contribution in [1.29, 1.82) is 0 Å². The molecule has 0 bridgehead atoms. The van der Waals surface area contributed by atoms with Gasteiger partial charge in [0.15, 0.2) is 0 Å². The summed E-state index contributed by atoms with van der Waals surface area (Å²) in [6.45, 7) is 3.51. The van der Waals surface area contributed by atoms with E-state index in [1.54, 1.807) is 13.8 Å². The van der Waals surface area contributed by atoms with E-state index in [9.17, 15) is 9.59 Å². The first-order valence-corrected chi connectivity index (χ1v) is 4.70. The molecule has 1 unspecified atom stereocenters. The molecule has 0 radical (unpaired) electrons. The molecule has 0 fully saturated rings. The van der Waals surface area contributed by atoms with Crippen molar-refractivity contribution >= 4 is 11.9 Å². The molecule has 0 spiro atoms. The van der Waals surface area contributed by atoms with Crippen LogP contribution in [0.25, 0.3) is 0 Å². The topological polar surface area (TPSA) is 83.6 Å². The summed E-state index contributed by atoms with van der Waals surface area (Å²) in [7, 11) is 1.47. The Morgan fingerprint density at radius 1 is 1.36 bits per heavy atom. The SMILES string of the molecule is CCC(C(=O)O)N(C)C(=O)[C@H](N)CC. The van der Waals surface area contributed by atoms with Crippen molar-refractivity contribution in [2.75, 3.05) is 7.05 Å². The van der Waals surface area contributed by atoms with E-state index in [2.05, 4.69) is 0 Å². The quantitative estimate of drug-likeness (QED) is 0.659. The van der Waals surface area contributed by atoms with Gasteiger partial charge < -0.3 is 15.7 Å². The Labute approximate surface area is 83.9 Å². The van der Waals surface area contributed by atoms with Gasteiger partial charge in [0.25, 0.3) is 0 Å². The summed E-state index contributed by atoms with van der Waals surface area (Å²) in [5, 5.41) is 8.81. The lowest BCUT2D eigenvalue weighted by molar-refractivity contribution is -0.149. The molecule has 0 saturated carbocycles. The molecule has 0 aromatic rings. The minimum absolute atomic E-state index is 0.318. The van der Waals surface area contributed by atoms with Crippen molar-refractivity contribution in [3.63, 3.8) is 0 Å². The maximum Gasteiger partial charge on any atom is 0.326 e. The summed E-state index contributed by atoms with van der Waals surface area (Å²) in [6, 6.07) is -1.38. The molecule has 82 valence electrons. The number of carboxylic acids is 1. The molecule has 3 N–H and O–H groups in total. The van der Waals surface area contributed by atoms with Gasteiger partial charge in [0, 0.05) is 7.05 Å². The predicted molar refractivity (Wildman–Crippen MR) is 52.8 cm³/mol. The van der Waals surface area contributed by atoms with Gasteiger partial charge in [-0.15, -0.1) is 0 Å². The van der Waals surface area contributed by atoms with Gasteiger partial charge in [0.2, 0.25) is 5.91 Å². The molecular formula is C9H18N2O3. The number of carbonyl (C=O) groups excluding carboxylic acids is 1. The van der Waals surface area contributed by atoms with Gasteiger partial charge in [-0.3, -0.25) is 4.79 Å². The van der Waals surface area contributed by atoms with E-state index in [1.165, 1.54) is 11.9 Å². The second-order valence-electron chi connectivity index (χ2n) is 3.23. The lowest BCUT2D eigenvalue weighted by atomic mass is 10.1. The van der Waals surface area contributed by atoms with Crippen molar-refractivity contribution in [2.24, 2.45) is 5.73 Å². The van der Waals surface area contributed by atoms with Crippen LogP contribution in [0.2, 0.25) is 0 Å². The van der Waals surface area contributed by atoms with E-state index in [0.29, 0.717) is 12.8 Å². The van der Waals surface area contributed by atoms with Crippen LogP contribution in [0.15, 0.2) is 0 Å². The van der Waals surface area contributed by atoms with Crippen molar-refractivity contribution in [3.8, 4) is 0 Å². The fourth-order valence-electron chi connectivity index (χ4n) is 1.20. The Bertz CT molecular complexity index is 218. The number of hydrogen-bond donors (Lipinski definition) is 2. The van der Waals surface area contributed by atoms with E-state index in [-0.39, 0.29) is 5.91 Å². The van der Waals surface area contributed by atoms with Gasteiger partial charge >= 0.3 is 5.97 Å². The fraction of sp³-hybridized carbons (Fsp3) is 0.778. The van der Waals surface area contributed by atoms with Crippen molar-refractivity contribution < 1.29 is 14.7 Å². The smallest absolute Gasteiger partial charge is 0.326 e. The Morgan fingerprint density at radius 3 is 2.14 bits per heavy atom. The van der Waals surface area contributed by atoms with Crippen molar-refractivity contribution in [3.05, 3.63) is 0 Å². The van der Waals surface area contributed by atoms with E-state index >= 15 is 0 Å². The minimum atomic E-state index is -0.994. The highest BCUT2D eigenvalue weighted by molar-refractivity contribution is 5.86. The van der Waals surface area contributed by atoms with Crippen LogP contribution >= 0.6 is 0 Å². The molecule has 5 heteroatoms. The zero-order chi connectivity index (χ0) is 11.3. The van der Waals surface area contributed by atoms with Gasteiger partial charge in [-0.1, -0.05) is 13.8 Å². The molecule has 0 aliphatic rings. The first-order valence-electron chi connectivity index (χ1n) is 4.70. The second kappa shape index (κ2) is 5.59. The highest BCUT2D eigenvalue weighted by Crippen LogP contribution is 2.04. The third kappa shape index (κ3) is 2.99. The first kappa shape index (κ1) is 12.9. The molecule has 0 aromatic heterocycles. The van der Waals surface area contributed by atoms with Crippen LogP contribution in [0.1, 0.15) is 26.7 Å². The summed E-state index contributed by atoms with van der Waals surface area (Å²) in [4.78, 5) is 23.5. The zero-order valence-electron chi connectivity index (χ0n) is 8.86. The van der Waals surface area contributed by atoms with Gasteiger partial charge in [0.05, 0.1) is 6.04 Å². The summed E-state index contributed by atoms with van der Waals surface area (Å²) in [6.07, 6.45) is 0.896. The largest absolute Gasteiger partial charge is 0.480 e. The van der Waals surface area contributed by atoms with E-state index < -0.39 is 18.1 Å². The van der Waals surface area contributed by atoms with Crippen LogP contribution < -0.4 is 5.73 Å². The van der Waals surface area contributed by atoms with Crippen molar-refractivity contribution in [1.82, 2.24) is 4.90 Å². The third-order valence-electron chi connectivity index (χ3n) is 2.24. The van der Waals surface area contributed by atoms with Crippen LogP contribution in [-0.4, -0.2) is 41.0 Å². The van der Waals surface area contributed by atoms with Gasteiger partial charge in [-0.05, 0) is 12.8 Å². The molecule has 0 heterocycles. The minimum Gasteiger partial charge on any atom is -0.480 e. The number of rotatable bonds is 5. The van der Waals surface area contributed by atoms with Crippen LogP contribution in [0.5, 0.6) is 0 Å². The molecule has 14 heavy (non-hydrogen) atoms. The molecule has 2 atom stereocenters. The normalized spacial score (nSPS) is 14.6. The number of carbonyl (C=O) groups is 2. The second-order valence-corrected chi connectivity index (χ2v) is 3.23. The molecule has 5 nitrogen and oxygen atoms in total. The molecule has 0 aromatic carbocycles. The highest BCUT2D eigenvalue weighted by Gasteiger charge is 2.27. The summed E-state index contributed by atoms with van der Waals surface area (Å²) < 4.78 is 0. The molecule has 0 aliphatic carbocycles. The fourth-order valence-corrected chi connectivity index (χ4v) is 1.20. The Morgan fingerprint density at radius 2 is 1.86 bits per heavy atom. The van der Waals surface area contributed by atoms with Gasteiger partial charge in [-0.25, -0.2) is 4.79 Å². The van der Waals surface area contributed by atoms with Crippen LogP contribution in [0.4, 0.5) is 0 Å². The standard InChI is InChI=1S/C9H18N2O3/c1-4-6(10)8(12)11(3)7(5-2)9(13)14/h6-7H,4-5,10H2,1-3H3,(H,13,14)/t6-,7?/m1/s1. The van der Waals surface area contributed by atoms with Crippen LogP contribution in [0, 0.1) is 0 Å². The maximum absolute atomic E-state index is 11.5. The van der Waals surface area contributed by atoms with Gasteiger partial charge in [-0.2, -0.15) is 0 Å². The zero-order valence-corrected chi connectivity index (χ0v) is 8.86. The number of likely N-dealkylation sites (N-methyl/N-ethyl adjacent to an activating group) is 1. The number of nitrogens with zero attached hydrogens (tertiary/aromatic N) is 1. The average molecular weight is 202 g/mol. The van der Waals surface area contributed by atoms with Crippen LogP contribution in [-0.2, 0) is 9.59 Å². The van der Waals surface area contributed by atoms with E-state index in [0.717, 1.165) is 0 Å². The number of carboxylic acid groups (broad SMARTS) is 1. The first-order chi connectivity index (χ1) is 6.45. The molecular weight excluding hydrogens is 184 g/mol. The Balaban J connectivity index is 4.49. The summed E-state index contributed by atoms with van der Waals surface area (Å²) in [5.74, 6) is -1.31. The molecule has 1 amide bonds. The highest BCUT2D eigenvalue weighted by atomic mass is 16.4. The Hall–Kier alpha value is -1.10. The monoisotopic (exact) mass is 202 g/mol. The average Bonchev–Trinajstić information content (AvgIpc) is 2.15. The lowest BCUT2D eigenvalue weighted by Crippen LogP contribution is -2.48. The van der Waals surface area contributed by atoms with Crippen LogP contribution in [0.3, 0.4) is 0 Å². The lowest BCUT2D eigenvalue weighted by Gasteiger charge is -2.26. The number of aliphatic carboxylic acids is 1. The van der Waals surface area contributed by atoms with Gasteiger partial charge in [0.1, 0.15) is 6.04 Å². The summed E-state index contributed by atoms with van der Waals surface area (Å²) >= 11 is 0. The molecule has 0 saturated heterocycles.